The monoisotopic (exact) mass is 210 g/mol. The molecule has 0 fully saturated rings. The number of nitrogens with zero attached hydrogens (tertiary/aromatic N) is 1. The van der Waals surface area contributed by atoms with Crippen LogP contribution in [0, 0.1) is 6.92 Å². The number of rotatable bonds is 1. The Hall–Kier alpha value is -1.48. The molecule has 0 aliphatic rings. The fraction of sp³-hybridized carbons (Fsp3) is 0.100. The summed E-state index contributed by atoms with van der Waals surface area (Å²) < 4.78 is 4.78. The predicted octanol–water partition coefficient (Wildman–Crippen LogP) is 2.65. The number of halogens is 1. The molecule has 0 spiro atoms. The van der Waals surface area contributed by atoms with Crippen LogP contribution < -0.4 is 5.73 Å². The van der Waals surface area contributed by atoms with E-state index in [4.69, 9.17) is 10.3 Å². The van der Waals surface area contributed by atoms with Crippen molar-refractivity contribution in [2.24, 2.45) is 0 Å². The zero-order valence-corrected chi connectivity index (χ0v) is 8.54. The summed E-state index contributed by atoms with van der Waals surface area (Å²) in [6.45, 7) is 2.04. The van der Waals surface area contributed by atoms with Crippen molar-refractivity contribution in [1.82, 2.24) is 5.16 Å². The van der Waals surface area contributed by atoms with E-state index in [1.165, 1.54) is 5.56 Å². The summed E-state index contributed by atoms with van der Waals surface area (Å²) in [5.41, 5.74) is 8.43. The van der Waals surface area contributed by atoms with Crippen LogP contribution in [0.25, 0.3) is 11.3 Å². The van der Waals surface area contributed by atoms with Gasteiger partial charge in [-0.3, -0.25) is 0 Å². The molecule has 2 rings (SSSR count). The van der Waals surface area contributed by atoms with Gasteiger partial charge < -0.3 is 10.3 Å². The lowest BCUT2D eigenvalue weighted by Gasteiger charge is -1.94. The van der Waals surface area contributed by atoms with Crippen molar-refractivity contribution < 1.29 is 4.52 Å². The topological polar surface area (TPSA) is 52.0 Å². The Morgan fingerprint density at radius 2 is 1.86 bits per heavy atom. The SMILES string of the molecule is Cc1ccc(-c2cc(N)on2)cc1.Cl. The molecule has 74 valence electrons. The van der Waals surface area contributed by atoms with E-state index in [-0.39, 0.29) is 12.4 Å². The van der Waals surface area contributed by atoms with Crippen LogP contribution in [0.5, 0.6) is 0 Å². The van der Waals surface area contributed by atoms with Gasteiger partial charge in [-0.25, -0.2) is 0 Å². The number of nitrogens with two attached hydrogens (primary N) is 1. The van der Waals surface area contributed by atoms with Crippen molar-refractivity contribution in [3.63, 3.8) is 0 Å². The number of benzene rings is 1. The highest BCUT2D eigenvalue weighted by Gasteiger charge is 2.02. The molecule has 0 saturated carbocycles. The van der Waals surface area contributed by atoms with Gasteiger partial charge in [0.15, 0.2) is 0 Å². The molecule has 4 heteroatoms. The summed E-state index contributed by atoms with van der Waals surface area (Å²) in [5.74, 6) is 0.343. The van der Waals surface area contributed by atoms with E-state index in [1.807, 2.05) is 31.2 Å². The lowest BCUT2D eigenvalue weighted by molar-refractivity contribution is 0.439. The summed E-state index contributed by atoms with van der Waals surface area (Å²) in [6.07, 6.45) is 0. The molecule has 0 unspecified atom stereocenters. The number of hydrogen-bond acceptors (Lipinski definition) is 3. The van der Waals surface area contributed by atoms with E-state index < -0.39 is 0 Å². The van der Waals surface area contributed by atoms with Crippen molar-refractivity contribution in [2.75, 3.05) is 5.73 Å². The van der Waals surface area contributed by atoms with Crippen LogP contribution in [-0.2, 0) is 0 Å². The Labute approximate surface area is 88.3 Å². The van der Waals surface area contributed by atoms with Crippen LogP contribution in [0.3, 0.4) is 0 Å². The third-order valence-corrected chi connectivity index (χ3v) is 1.88. The zero-order chi connectivity index (χ0) is 9.26. The van der Waals surface area contributed by atoms with Crippen molar-refractivity contribution in [1.29, 1.82) is 0 Å². The minimum absolute atomic E-state index is 0. The van der Waals surface area contributed by atoms with Gasteiger partial charge in [0.25, 0.3) is 0 Å². The highest BCUT2D eigenvalue weighted by Crippen LogP contribution is 2.19. The van der Waals surface area contributed by atoms with Crippen LogP contribution in [0.4, 0.5) is 5.88 Å². The van der Waals surface area contributed by atoms with Gasteiger partial charge in [0.2, 0.25) is 5.88 Å². The number of aromatic nitrogens is 1. The maximum atomic E-state index is 5.42. The molecule has 1 aromatic carbocycles. The minimum Gasteiger partial charge on any atom is -0.368 e. The molecule has 0 aliphatic carbocycles. The van der Waals surface area contributed by atoms with E-state index in [0.29, 0.717) is 5.88 Å². The molecule has 0 aliphatic heterocycles. The van der Waals surface area contributed by atoms with Gasteiger partial charge in [-0.15, -0.1) is 12.4 Å². The zero-order valence-electron chi connectivity index (χ0n) is 7.73. The highest BCUT2D eigenvalue weighted by molar-refractivity contribution is 5.85. The average Bonchev–Trinajstić information content (AvgIpc) is 2.53. The van der Waals surface area contributed by atoms with E-state index in [0.717, 1.165) is 11.3 Å². The summed E-state index contributed by atoms with van der Waals surface area (Å²) in [7, 11) is 0. The van der Waals surface area contributed by atoms with Gasteiger partial charge in [0.1, 0.15) is 5.69 Å². The van der Waals surface area contributed by atoms with Crippen LogP contribution in [0.1, 0.15) is 5.56 Å². The summed E-state index contributed by atoms with van der Waals surface area (Å²) in [4.78, 5) is 0. The number of hydrogen-bond donors (Lipinski definition) is 1. The third-order valence-electron chi connectivity index (χ3n) is 1.88. The summed E-state index contributed by atoms with van der Waals surface area (Å²) >= 11 is 0. The second-order valence-electron chi connectivity index (χ2n) is 2.98. The molecular formula is C10H11ClN2O. The van der Waals surface area contributed by atoms with E-state index in [9.17, 15) is 0 Å². The molecule has 0 radical (unpaired) electrons. The minimum atomic E-state index is 0. The third kappa shape index (κ3) is 2.06. The highest BCUT2D eigenvalue weighted by atomic mass is 35.5. The quantitative estimate of drug-likeness (QED) is 0.787. The van der Waals surface area contributed by atoms with Crippen LogP contribution >= 0.6 is 12.4 Å². The smallest absolute Gasteiger partial charge is 0.222 e. The molecule has 0 bridgehead atoms. The lowest BCUT2D eigenvalue weighted by atomic mass is 10.1. The van der Waals surface area contributed by atoms with Crippen molar-refractivity contribution in [3.05, 3.63) is 35.9 Å². The fourth-order valence-electron chi connectivity index (χ4n) is 1.15. The molecule has 0 amide bonds. The van der Waals surface area contributed by atoms with Crippen LogP contribution in [0.15, 0.2) is 34.9 Å². The second kappa shape index (κ2) is 4.15. The van der Waals surface area contributed by atoms with Gasteiger partial charge in [-0.1, -0.05) is 35.0 Å². The maximum absolute atomic E-state index is 5.42. The average molecular weight is 211 g/mol. The molecule has 1 aromatic heterocycles. The fourth-order valence-corrected chi connectivity index (χ4v) is 1.15. The first-order valence-electron chi connectivity index (χ1n) is 4.05. The maximum Gasteiger partial charge on any atom is 0.222 e. The number of aryl methyl sites for hydroxylation is 1. The Kier molecular flexibility index (Phi) is 3.14. The summed E-state index contributed by atoms with van der Waals surface area (Å²) in [6, 6.07) is 9.75. The Morgan fingerprint density at radius 3 is 2.36 bits per heavy atom. The normalized spacial score (nSPS) is 9.50. The molecule has 1 heterocycles. The van der Waals surface area contributed by atoms with E-state index in [1.54, 1.807) is 6.07 Å². The van der Waals surface area contributed by atoms with Crippen molar-refractivity contribution >= 4 is 18.3 Å². The Balaban J connectivity index is 0.000000980. The molecule has 0 atom stereocenters. The molecular weight excluding hydrogens is 200 g/mol. The molecule has 0 saturated heterocycles. The summed E-state index contributed by atoms with van der Waals surface area (Å²) in [5, 5.41) is 3.82. The largest absolute Gasteiger partial charge is 0.368 e. The molecule has 14 heavy (non-hydrogen) atoms. The van der Waals surface area contributed by atoms with Gasteiger partial charge in [-0.05, 0) is 6.92 Å². The van der Waals surface area contributed by atoms with Crippen molar-refractivity contribution in [3.8, 4) is 11.3 Å². The first-order chi connectivity index (χ1) is 6.25. The van der Waals surface area contributed by atoms with E-state index in [2.05, 4.69) is 5.16 Å². The lowest BCUT2D eigenvalue weighted by Crippen LogP contribution is -1.78. The van der Waals surface area contributed by atoms with Gasteiger partial charge in [0.05, 0.1) is 0 Å². The standard InChI is InChI=1S/C10H10N2O.ClH/c1-7-2-4-8(5-3-7)9-6-10(11)13-12-9;/h2-6H,11H2,1H3;1H. The number of nitrogen functional groups attached to an aromatic ring is 1. The molecule has 2 N–H and O–H groups in total. The van der Waals surface area contributed by atoms with Gasteiger partial charge in [0, 0.05) is 11.6 Å². The van der Waals surface area contributed by atoms with Crippen LogP contribution in [-0.4, -0.2) is 5.16 Å². The molecule has 3 nitrogen and oxygen atoms in total. The van der Waals surface area contributed by atoms with Crippen LogP contribution in [0.2, 0.25) is 0 Å². The Morgan fingerprint density at radius 1 is 1.21 bits per heavy atom. The van der Waals surface area contributed by atoms with Gasteiger partial charge >= 0.3 is 0 Å². The first kappa shape index (κ1) is 10.6. The molecule has 2 aromatic rings. The first-order valence-corrected chi connectivity index (χ1v) is 4.05. The second-order valence-corrected chi connectivity index (χ2v) is 2.98. The van der Waals surface area contributed by atoms with Crippen molar-refractivity contribution in [2.45, 2.75) is 6.92 Å². The van der Waals surface area contributed by atoms with Gasteiger partial charge in [-0.2, -0.15) is 0 Å². The Bertz CT molecular complexity index is 408. The number of anilines is 1. The predicted molar refractivity (Wildman–Crippen MR) is 58.3 cm³/mol. The van der Waals surface area contributed by atoms with E-state index >= 15 is 0 Å².